The molecule has 0 saturated carbocycles. The molecule has 4 N–H and O–H groups in total. The van der Waals surface area contributed by atoms with Crippen LogP contribution in [0.15, 0.2) is 0 Å². The van der Waals surface area contributed by atoms with Crippen LogP contribution in [0.4, 0.5) is 0 Å². The van der Waals surface area contributed by atoms with Gasteiger partial charge in [0.05, 0.1) is 18.6 Å². The molecule has 109 valence electrons. The molecule has 0 heterocycles. The van der Waals surface area contributed by atoms with Gasteiger partial charge in [-0.1, -0.05) is 27.7 Å². The molecule has 0 rings (SSSR count). The van der Waals surface area contributed by atoms with Gasteiger partial charge in [-0.2, -0.15) is 0 Å². The van der Waals surface area contributed by atoms with E-state index in [0.717, 1.165) is 0 Å². The van der Waals surface area contributed by atoms with Crippen LogP contribution in [0, 0.1) is 11.8 Å². The quantitative estimate of drug-likeness (QED) is 0.565. The van der Waals surface area contributed by atoms with Crippen molar-refractivity contribution in [3.05, 3.63) is 0 Å². The highest BCUT2D eigenvalue weighted by Gasteiger charge is 2.19. The van der Waals surface area contributed by atoms with E-state index in [1.54, 1.807) is 6.29 Å². The Kier molecular flexibility index (Phi) is 7.98. The zero-order valence-electron chi connectivity index (χ0n) is 12.0. The predicted molar refractivity (Wildman–Crippen MR) is 72.9 cm³/mol. The lowest BCUT2D eigenvalue weighted by molar-refractivity contribution is -0.127. The average Bonchev–Trinajstić information content (AvgIpc) is 2.33. The Morgan fingerprint density at radius 1 is 1.21 bits per heavy atom. The summed E-state index contributed by atoms with van der Waals surface area (Å²) in [6.45, 7) is 7.35. The summed E-state index contributed by atoms with van der Waals surface area (Å²) in [5.74, 6) is -0.519. The maximum Gasteiger partial charge on any atom is 0.239 e. The summed E-state index contributed by atoms with van der Waals surface area (Å²) in [7, 11) is 0. The van der Waals surface area contributed by atoms with Crippen molar-refractivity contribution in [1.82, 2.24) is 10.6 Å². The fourth-order valence-electron chi connectivity index (χ4n) is 1.44. The van der Waals surface area contributed by atoms with Crippen LogP contribution in [0.1, 0.15) is 34.1 Å². The molecule has 0 aliphatic carbocycles. The molecule has 6 heteroatoms. The monoisotopic (exact) mass is 270 g/mol. The van der Waals surface area contributed by atoms with E-state index < -0.39 is 18.0 Å². The van der Waals surface area contributed by atoms with Crippen LogP contribution >= 0.6 is 0 Å². The average molecular weight is 270 g/mol. The lowest BCUT2D eigenvalue weighted by Crippen LogP contribution is -2.48. The topological polar surface area (TPSA) is 101 Å². The van der Waals surface area contributed by atoms with Gasteiger partial charge in [0, 0.05) is 0 Å². The number of nitrogens with two attached hydrogens (primary N) is 1. The SMILES string of the molecule is CC(C)C[C@@H]([C]=O)NC(=O)CNC(=O)[C@@H](N)C(C)C. The smallest absolute Gasteiger partial charge is 0.239 e. The molecule has 1 radical (unpaired) electrons. The zero-order valence-corrected chi connectivity index (χ0v) is 12.0. The number of hydrogen-bond acceptors (Lipinski definition) is 4. The third-order valence-corrected chi connectivity index (χ3v) is 2.63. The minimum absolute atomic E-state index is 0.0000548. The van der Waals surface area contributed by atoms with Crippen molar-refractivity contribution in [2.75, 3.05) is 6.54 Å². The second-order valence-corrected chi connectivity index (χ2v) is 5.36. The van der Waals surface area contributed by atoms with Crippen molar-refractivity contribution in [1.29, 1.82) is 0 Å². The maximum absolute atomic E-state index is 11.5. The van der Waals surface area contributed by atoms with E-state index in [4.69, 9.17) is 5.73 Å². The molecule has 0 aromatic rings. The van der Waals surface area contributed by atoms with Gasteiger partial charge in [-0.3, -0.25) is 14.4 Å². The minimum Gasteiger partial charge on any atom is -0.346 e. The zero-order chi connectivity index (χ0) is 15.0. The van der Waals surface area contributed by atoms with E-state index in [0.29, 0.717) is 6.42 Å². The summed E-state index contributed by atoms with van der Waals surface area (Å²) in [6.07, 6.45) is 2.30. The number of nitrogens with one attached hydrogen (secondary N) is 2. The fraction of sp³-hybridized carbons (Fsp3) is 0.769. The maximum atomic E-state index is 11.5. The van der Waals surface area contributed by atoms with E-state index in [-0.39, 0.29) is 24.3 Å². The van der Waals surface area contributed by atoms with Crippen molar-refractivity contribution < 1.29 is 14.4 Å². The largest absolute Gasteiger partial charge is 0.346 e. The first-order valence-corrected chi connectivity index (χ1v) is 6.48. The van der Waals surface area contributed by atoms with Crippen molar-refractivity contribution in [2.24, 2.45) is 17.6 Å². The number of hydrogen-bond donors (Lipinski definition) is 3. The fourth-order valence-corrected chi connectivity index (χ4v) is 1.44. The van der Waals surface area contributed by atoms with E-state index in [1.807, 2.05) is 27.7 Å². The first-order valence-electron chi connectivity index (χ1n) is 6.48. The molecular formula is C13H24N3O3. The minimum atomic E-state index is -0.642. The molecule has 0 bridgehead atoms. The highest BCUT2D eigenvalue weighted by molar-refractivity contribution is 5.88. The molecule has 0 unspecified atom stereocenters. The second kappa shape index (κ2) is 8.63. The molecule has 19 heavy (non-hydrogen) atoms. The predicted octanol–water partition coefficient (Wildman–Crippen LogP) is -0.273. The van der Waals surface area contributed by atoms with Crippen molar-refractivity contribution in [3.8, 4) is 0 Å². The molecule has 0 saturated heterocycles. The summed E-state index contributed by atoms with van der Waals surface area (Å²) < 4.78 is 0. The standard InChI is InChI=1S/C13H24N3O3/c1-8(2)5-10(7-17)16-11(18)6-15-13(19)12(14)9(3)4/h8-10,12H,5-6,14H2,1-4H3,(H,15,19)(H,16,18)/t10-,12-/m0/s1. The number of carbonyl (C=O) groups is 2. The van der Waals surface area contributed by atoms with Gasteiger partial charge in [-0.15, -0.1) is 0 Å². The lowest BCUT2D eigenvalue weighted by Gasteiger charge is -2.17. The Bertz CT molecular complexity index is 316. The Labute approximate surface area is 114 Å². The van der Waals surface area contributed by atoms with Crippen LogP contribution in [0.2, 0.25) is 0 Å². The lowest BCUT2D eigenvalue weighted by atomic mass is 10.0. The third kappa shape index (κ3) is 7.56. The van der Waals surface area contributed by atoms with E-state index in [9.17, 15) is 14.4 Å². The molecular weight excluding hydrogens is 246 g/mol. The highest BCUT2D eigenvalue weighted by atomic mass is 16.2. The number of carbonyl (C=O) groups excluding carboxylic acids is 3. The normalized spacial score (nSPS) is 14.1. The van der Waals surface area contributed by atoms with Crippen molar-refractivity contribution in [2.45, 2.75) is 46.2 Å². The van der Waals surface area contributed by atoms with E-state index in [2.05, 4.69) is 10.6 Å². The van der Waals surface area contributed by atoms with Gasteiger partial charge in [0.2, 0.25) is 18.1 Å². The van der Waals surface area contributed by atoms with Crippen LogP contribution in [-0.2, 0) is 14.4 Å². The van der Waals surface area contributed by atoms with Gasteiger partial charge in [-0.05, 0) is 18.3 Å². The molecule has 0 aliphatic rings. The Balaban J connectivity index is 4.11. The summed E-state index contributed by atoms with van der Waals surface area (Å²) >= 11 is 0. The third-order valence-electron chi connectivity index (χ3n) is 2.63. The molecule has 0 aromatic carbocycles. The first-order chi connectivity index (χ1) is 8.77. The molecule has 0 spiro atoms. The van der Waals surface area contributed by atoms with Crippen LogP contribution in [-0.4, -0.2) is 36.7 Å². The summed E-state index contributed by atoms with van der Waals surface area (Å²) in [5, 5.41) is 4.94. The van der Waals surface area contributed by atoms with E-state index >= 15 is 0 Å². The molecule has 0 aromatic heterocycles. The second-order valence-electron chi connectivity index (χ2n) is 5.36. The van der Waals surface area contributed by atoms with Crippen LogP contribution < -0.4 is 16.4 Å². The molecule has 0 aliphatic heterocycles. The molecule has 2 atom stereocenters. The number of amides is 2. The van der Waals surface area contributed by atoms with Crippen molar-refractivity contribution >= 4 is 18.1 Å². The van der Waals surface area contributed by atoms with Crippen LogP contribution in [0.25, 0.3) is 0 Å². The molecule has 2 amide bonds. The van der Waals surface area contributed by atoms with Gasteiger partial charge in [0.25, 0.3) is 0 Å². The van der Waals surface area contributed by atoms with E-state index in [1.165, 1.54) is 0 Å². The summed E-state index contributed by atoms with van der Waals surface area (Å²) in [4.78, 5) is 33.7. The van der Waals surface area contributed by atoms with Crippen molar-refractivity contribution in [3.63, 3.8) is 0 Å². The highest BCUT2D eigenvalue weighted by Crippen LogP contribution is 2.02. The Morgan fingerprint density at radius 3 is 2.21 bits per heavy atom. The molecule has 0 fully saturated rings. The van der Waals surface area contributed by atoms with Gasteiger partial charge >= 0.3 is 0 Å². The molecule has 6 nitrogen and oxygen atoms in total. The van der Waals surface area contributed by atoms with Gasteiger partial charge in [0.1, 0.15) is 0 Å². The van der Waals surface area contributed by atoms with Crippen LogP contribution in [0.3, 0.4) is 0 Å². The Morgan fingerprint density at radius 2 is 1.79 bits per heavy atom. The van der Waals surface area contributed by atoms with Gasteiger partial charge in [0.15, 0.2) is 0 Å². The van der Waals surface area contributed by atoms with Gasteiger partial charge < -0.3 is 16.4 Å². The summed E-state index contributed by atoms with van der Waals surface area (Å²) in [5.41, 5.74) is 5.63. The van der Waals surface area contributed by atoms with Gasteiger partial charge in [-0.25, -0.2) is 0 Å². The number of rotatable bonds is 8. The Hall–Kier alpha value is -1.43. The van der Waals surface area contributed by atoms with Crippen LogP contribution in [0.5, 0.6) is 0 Å². The first kappa shape index (κ1) is 17.6. The summed E-state index contributed by atoms with van der Waals surface area (Å²) in [6, 6.07) is -1.28.